The summed E-state index contributed by atoms with van der Waals surface area (Å²) in [6.45, 7) is 6.55. The van der Waals surface area contributed by atoms with Gasteiger partial charge in [-0.2, -0.15) is 5.10 Å². The molecule has 0 amide bonds. The quantitative estimate of drug-likeness (QED) is 0.530. The predicted molar refractivity (Wildman–Crippen MR) is 118 cm³/mol. The van der Waals surface area contributed by atoms with Crippen molar-refractivity contribution in [3.63, 3.8) is 0 Å². The van der Waals surface area contributed by atoms with Gasteiger partial charge in [0.15, 0.2) is 10.6 Å². The summed E-state index contributed by atoms with van der Waals surface area (Å²) >= 11 is 5.70. The zero-order valence-corrected chi connectivity index (χ0v) is 18.2. The van der Waals surface area contributed by atoms with Crippen LogP contribution < -0.4 is 4.74 Å². The van der Waals surface area contributed by atoms with Crippen LogP contribution in [-0.4, -0.2) is 32.4 Å². The van der Waals surface area contributed by atoms with Gasteiger partial charge in [-0.1, -0.05) is 42.0 Å². The fourth-order valence-corrected chi connectivity index (χ4v) is 4.22. The third kappa shape index (κ3) is 4.14. The number of aromatic nitrogens is 3. The number of benzene rings is 2. The molecule has 29 heavy (non-hydrogen) atoms. The molecule has 152 valence electrons. The van der Waals surface area contributed by atoms with E-state index in [0.717, 1.165) is 34.9 Å². The van der Waals surface area contributed by atoms with Crippen molar-refractivity contribution in [2.45, 2.75) is 39.4 Å². The van der Waals surface area contributed by atoms with Crippen LogP contribution in [0.4, 0.5) is 0 Å². The highest BCUT2D eigenvalue weighted by atomic mass is 32.1. The second-order valence-corrected chi connectivity index (χ2v) is 8.01. The Morgan fingerprint density at radius 3 is 2.52 bits per heavy atom. The van der Waals surface area contributed by atoms with Gasteiger partial charge in [0.2, 0.25) is 0 Å². The average Bonchev–Trinajstić information content (AvgIpc) is 3.30. The summed E-state index contributed by atoms with van der Waals surface area (Å²) in [6.07, 6.45) is 2.34. The molecule has 0 saturated carbocycles. The smallest absolute Gasteiger partial charge is 0.199 e. The molecule has 4 rings (SSSR count). The van der Waals surface area contributed by atoms with Crippen LogP contribution in [0.25, 0.3) is 11.4 Å². The summed E-state index contributed by atoms with van der Waals surface area (Å²) in [5, 5.41) is 4.85. The van der Waals surface area contributed by atoms with E-state index in [-0.39, 0.29) is 0 Å². The Morgan fingerprint density at radius 1 is 1.10 bits per heavy atom. The minimum atomic E-state index is 0.386. The Bertz CT molecular complexity index is 1020. The first-order valence-electron chi connectivity index (χ1n) is 10.2. The van der Waals surface area contributed by atoms with Crippen LogP contribution in [0.2, 0.25) is 0 Å². The van der Waals surface area contributed by atoms with E-state index < -0.39 is 0 Å². The molecule has 1 aliphatic rings. The van der Waals surface area contributed by atoms with Crippen molar-refractivity contribution in [3.8, 4) is 17.1 Å². The van der Waals surface area contributed by atoms with E-state index in [2.05, 4.69) is 60.4 Å². The second kappa shape index (κ2) is 8.51. The standard InChI is InChI=1S/C23H28N4OS/c1-4-28-20-13-11-18(12-14-20)21-6-5-15-26(21)16-27-23(29)25(3)22(24-27)19-9-7-17(2)8-10-19/h7-14,21H,4-6,15-16H2,1-3H3/t21-/m1/s1. The van der Waals surface area contributed by atoms with Crippen LogP contribution in [0, 0.1) is 11.7 Å². The number of aryl methyl sites for hydroxylation is 1. The zero-order valence-electron chi connectivity index (χ0n) is 17.3. The van der Waals surface area contributed by atoms with Crippen molar-refractivity contribution in [2.24, 2.45) is 7.05 Å². The Hall–Kier alpha value is -2.44. The molecular formula is C23H28N4OS. The predicted octanol–water partition coefficient (Wildman–Crippen LogP) is 5.12. The zero-order chi connectivity index (χ0) is 20.4. The number of hydrogen-bond donors (Lipinski definition) is 0. The van der Waals surface area contributed by atoms with E-state index in [4.69, 9.17) is 22.1 Å². The molecular weight excluding hydrogens is 380 g/mol. The third-order valence-corrected chi connectivity index (χ3v) is 6.09. The van der Waals surface area contributed by atoms with Crippen LogP contribution >= 0.6 is 12.2 Å². The molecule has 0 aliphatic carbocycles. The van der Waals surface area contributed by atoms with Crippen molar-refractivity contribution >= 4 is 12.2 Å². The van der Waals surface area contributed by atoms with Gasteiger partial charge in [-0.15, -0.1) is 0 Å². The van der Waals surface area contributed by atoms with Gasteiger partial charge < -0.3 is 9.30 Å². The van der Waals surface area contributed by atoms with Crippen molar-refractivity contribution in [2.75, 3.05) is 13.2 Å². The number of ether oxygens (including phenoxy) is 1. The molecule has 1 aromatic heterocycles. The molecule has 1 saturated heterocycles. The highest BCUT2D eigenvalue weighted by molar-refractivity contribution is 7.71. The maximum absolute atomic E-state index is 5.70. The summed E-state index contributed by atoms with van der Waals surface area (Å²) in [6, 6.07) is 17.3. The van der Waals surface area contributed by atoms with E-state index in [1.54, 1.807) is 0 Å². The van der Waals surface area contributed by atoms with E-state index >= 15 is 0 Å². The van der Waals surface area contributed by atoms with Gasteiger partial charge in [-0.25, -0.2) is 4.68 Å². The Balaban J connectivity index is 1.56. The first-order chi connectivity index (χ1) is 14.1. The molecule has 6 heteroatoms. The normalized spacial score (nSPS) is 17.0. The molecule has 1 atom stereocenters. The summed E-state index contributed by atoms with van der Waals surface area (Å²) < 4.78 is 10.3. The van der Waals surface area contributed by atoms with Crippen molar-refractivity contribution in [1.82, 2.24) is 19.2 Å². The molecule has 3 aromatic rings. The molecule has 2 aromatic carbocycles. The molecule has 0 bridgehead atoms. The van der Waals surface area contributed by atoms with Crippen molar-refractivity contribution < 1.29 is 4.74 Å². The molecule has 0 unspecified atom stereocenters. The lowest BCUT2D eigenvalue weighted by Gasteiger charge is -2.24. The monoisotopic (exact) mass is 408 g/mol. The van der Waals surface area contributed by atoms with Gasteiger partial charge in [-0.05, 0) is 56.6 Å². The highest BCUT2D eigenvalue weighted by Gasteiger charge is 2.27. The Labute approximate surface area is 177 Å². The van der Waals surface area contributed by atoms with E-state index in [1.807, 2.05) is 23.2 Å². The lowest BCUT2D eigenvalue weighted by Crippen LogP contribution is -2.27. The van der Waals surface area contributed by atoms with E-state index in [0.29, 0.717) is 19.3 Å². The summed E-state index contributed by atoms with van der Waals surface area (Å²) in [5.41, 5.74) is 3.66. The van der Waals surface area contributed by atoms with Gasteiger partial charge in [0.25, 0.3) is 0 Å². The van der Waals surface area contributed by atoms with Gasteiger partial charge >= 0.3 is 0 Å². The second-order valence-electron chi connectivity index (χ2n) is 7.64. The van der Waals surface area contributed by atoms with Crippen molar-refractivity contribution in [1.29, 1.82) is 0 Å². The van der Waals surface area contributed by atoms with Gasteiger partial charge in [-0.3, -0.25) is 4.90 Å². The SMILES string of the molecule is CCOc1ccc([C@H]2CCCN2Cn2nc(-c3ccc(C)cc3)n(C)c2=S)cc1. The molecule has 2 heterocycles. The maximum Gasteiger partial charge on any atom is 0.199 e. The van der Waals surface area contributed by atoms with Crippen LogP contribution in [0.15, 0.2) is 48.5 Å². The van der Waals surface area contributed by atoms with Gasteiger partial charge in [0, 0.05) is 25.2 Å². The molecule has 0 radical (unpaired) electrons. The van der Waals surface area contributed by atoms with Gasteiger partial charge in [0.05, 0.1) is 13.3 Å². The highest BCUT2D eigenvalue weighted by Crippen LogP contribution is 2.33. The number of hydrogen-bond acceptors (Lipinski definition) is 4. The number of nitrogens with zero attached hydrogens (tertiary/aromatic N) is 4. The lowest BCUT2D eigenvalue weighted by molar-refractivity contribution is 0.190. The first kappa shape index (κ1) is 19.9. The van der Waals surface area contributed by atoms with Crippen LogP contribution in [0.5, 0.6) is 5.75 Å². The molecule has 0 spiro atoms. The summed E-state index contributed by atoms with van der Waals surface area (Å²) in [5.74, 6) is 1.84. The fraction of sp³-hybridized carbons (Fsp3) is 0.391. The van der Waals surface area contributed by atoms with Crippen molar-refractivity contribution in [3.05, 3.63) is 64.4 Å². The van der Waals surface area contributed by atoms with Gasteiger partial charge in [0.1, 0.15) is 5.75 Å². The Morgan fingerprint density at radius 2 is 1.83 bits per heavy atom. The molecule has 0 N–H and O–H groups in total. The maximum atomic E-state index is 5.70. The minimum absolute atomic E-state index is 0.386. The molecule has 1 fully saturated rings. The third-order valence-electron chi connectivity index (χ3n) is 5.61. The average molecular weight is 409 g/mol. The molecule has 1 aliphatic heterocycles. The Kier molecular flexibility index (Phi) is 5.83. The molecule has 5 nitrogen and oxygen atoms in total. The first-order valence-corrected chi connectivity index (χ1v) is 10.7. The van der Waals surface area contributed by atoms with Crippen LogP contribution in [-0.2, 0) is 13.7 Å². The number of rotatable bonds is 6. The lowest BCUT2D eigenvalue weighted by atomic mass is 10.0. The summed E-state index contributed by atoms with van der Waals surface area (Å²) in [4.78, 5) is 2.47. The van der Waals surface area contributed by atoms with Crippen LogP contribution in [0.3, 0.4) is 0 Å². The largest absolute Gasteiger partial charge is 0.494 e. The minimum Gasteiger partial charge on any atom is -0.494 e. The fourth-order valence-electron chi connectivity index (χ4n) is 4.03. The van der Waals surface area contributed by atoms with E-state index in [1.165, 1.54) is 17.5 Å². The number of likely N-dealkylation sites (tertiary alicyclic amines) is 1. The summed E-state index contributed by atoms with van der Waals surface area (Å²) in [7, 11) is 1.99. The van der Waals surface area contributed by atoms with E-state index in [9.17, 15) is 0 Å². The topological polar surface area (TPSA) is 35.2 Å². The van der Waals surface area contributed by atoms with Crippen LogP contribution in [0.1, 0.15) is 36.9 Å².